The van der Waals surface area contributed by atoms with Gasteiger partial charge in [-0.2, -0.15) is 0 Å². The van der Waals surface area contributed by atoms with E-state index >= 15 is 0 Å². The highest BCUT2D eigenvalue weighted by Gasteiger charge is 2.17. The van der Waals surface area contributed by atoms with Crippen LogP contribution in [0.1, 0.15) is 26.2 Å². The van der Waals surface area contributed by atoms with Crippen molar-refractivity contribution < 1.29 is 17.9 Å². The summed E-state index contributed by atoms with van der Waals surface area (Å²) in [6.07, 6.45) is 2.21. The van der Waals surface area contributed by atoms with Gasteiger partial charge in [-0.3, -0.25) is 4.72 Å². The minimum Gasteiger partial charge on any atom is -0.489 e. The molecule has 1 aliphatic rings. The van der Waals surface area contributed by atoms with E-state index in [-0.39, 0.29) is 5.75 Å². The lowest BCUT2D eigenvalue weighted by molar-refractivity contribution is 0.297. The average molecular weight is 300 g/mol. The third-order valence-corrected chi connectivity index (χ3v) is 4.31. The van der Waals surface area contributed by atoms with Gasteiger partial charge in [0, 0.05) is 18.6 Å². The molecule has 6 nitrogen and oxygen atoms in total. The Morgan fingerprint density at radius 2 is 1.90 bits per heavy atom. The van der Waals surface area contributed by atoms with Gasteiger partial charge in [0.2, 0.25) is 10.0 Å². The number of hydrogen-bond acceptors (Lipinski definition) is 5. The van der Waals surface area contributed by atoms with Gasteiger partial charge >= 0.3 is 0 Å². The Morgan fingerprint density at radius 3 is 2.55 bits per heavy atom. The number of nitrogen functional groups attached to an aromatic ring is 1. The minimum absolute atomic E-state index is 0.0807. The van der Waals surface area contributed by atoms with Crippen LogP contribution in [0.5, 0.6) is 11.5 Å². The van der Waals surface area contributed by atoms with Gasteiger partial charge in [0.1, 0.15) is 0 Å². The molecule has 0 saturated carbocycles. The summed E-state index contributed by atoms with van der Waals surface area (Å²) in [5, 5.41) is 0. The first-order valence-electron chi connectivity index (χ1n) is 6.71. The second kappa shape index (κ2) is 6.21. The van der Waals surface area contributed by atoms with E-state index < -0.39 is 10.0 Å². The van der Waals surface area contributed by atoms with Crippen LogP contribution in [0, 0.1) is 0 Å². The first kappa shape index (κ1) is 14.8. The SMILES string of the molecule is CCCCS(=O)(=O)Nc1cc2c(cc1N)OCCCO2. The number of nitrogens with two attached hydrogens (primary N) is 1. The van der Waals surface area contributed by atoms with Crippen LogP contribution in [-0.4, -0.2) is 27.4 Å². The molecule has 0 unspecified atom stereocenters. The maximum Gasteiger partial charge on any atom is 0.232 e. The average Bonchev–Trinajstić information content (AvgIpc) is 2.61. The quantitative estimate of drug-likeness (QED) is 0.811. The molecule has 1 aromatic rings. The van der Waals surface area contributed by atoms with Gasteiger partial charge in [0.05, 0.1) is 30.3 Å². The van der Waals surface area contributed by atoms with Crippen LogP contribution < -0.4 is 19.9 Å². The van der Waals surface area contributed by atoms with Crippen LogP contribution in [0.15, 0.2) is 12.1 Å². The zero-order valence-electron chi connectivity index (χ0n) is 11.5. The zero-order chi connectivity index (χ0) is 14.6. The number of benzene rings is 1. The molecule has 112 valence electrons. The Morgan fingerprint density at radius 1 is 1.25 bits per heavy atom. The van der Waals surface area contributed by atoms with Crippen molar-refractivity contribution in [3.05, 3.63) is 12.1 Å². The minimum atomic E-state index is -3.38. The Labute approximate surface area is 119 Å². The van der Waals surface area contributed by atoms with Crippen LogP contribution in [0.4, 0.5) is 11.4 Å². The van der Waals surface area contributed by atoms with E-state index in [0.717, 1.165) is 12.8 Å². The number of hydrogen-bond donors (Lipinski definition) is 2. The summed E-state index contributed by atoms with van der Waals surface area (Å²) in [5.74, 6) is 1.15. The fraction of sp³-hybridized carbons (Fsp3) is 0.538. The normalized spacial score (nSPS) is 14.7. The van der Waals surface area contributed by atoms with Crippen molar-refractivity contribution in [3.8, 4) is 11.5 Å². The van der Waals surface area contributed by atoms with Crippen molar-refractivity contribution in [1.82, 2.24) is 0 Å². The Bertz CT molecular complexity index is 572. The van der Waals surface area contributed by atoms with Gasteiger partial charge in [-0.05, 0) is 6.42 Å². The second-order valence-corrected chi connectivity index (χ2v) is 6.55. The number of fused-ring (bicyclic) bond motifs is 1. The molecular weight excluding hydrogens is 280 g/mol. The van der Waals surface area contributed by atoms with E-state index in [9.17, 15) is 8.42 Å². The van der Waals surface area contributed by atoms with Gasteiger partial charge in [-0.25, -0.2) is 8.42 Å². The van der Waals surface area contributed by atoms with Crippen LogP contribution in [-0.2, 0) is 10.0 Å². The van der Waals surface area contributed by atoms with E-state index in [0.29, 0.717) is 42.5 Å². The Hall–Kier alpha value is -1.63. The Balaban J connectivity index is 2.22. The molecule has 3 N–H and O–H groups in total. The number of unbranched alkanes of at least 4 members (excludes halogenated alkanes) is 1. The molecule has 0 saturated heterocycles. The van der Waals surface area contributed by atoms with Crippen molar-refractivity contribution in [1.29, 1.82) is 0 Å². The number of sulfonamides is 1. The lowest BCUT2D eigenvalue weighted by atomic mass is 10.2. The topological polar surface area (TPSA) is 90.7 Å². The zero-order valence-corrected chi connectivity index (χ0v) is 12.3. The molecule has 1 aromatic carbocycles. The summed E-state index contributed by atoms with van der Waals surface area (Å²) in [4.78, 5) is 0. The third-order valence-electron chi connectivity index (χ3n) is 2.95. The highest BCUT2D eigenvalue weighted by atomic mass is 32.2. The molecule has 20 heavy (non-hydrogen) atoms. The predicted molar refractivity (Wildman–Crippen MR) is 78.8 cm³/mol. The van der Waals surface area contributed by atoms with E-state index in [1.807, 2.05) is 6.92 Å². The smallest absolute Gasteiger partial charge is 0.232 e. The summed E-state index contributed by atoms with van der Waals surface area (Å²) < 4.78 is 37.3. The summed E-state index contributed by atoms with van der Waals surface area (Å²) in [6, 6.07) is 3.18. The molecule has 0 fully saturated rings. The van der Waals surface area contributed by atoms with Crippen molar-refractivity contribution in [2.24, 2.45) is 0 Å². The molecule has 1 aliphatic heterocycles. The van der Waals surface area contributed by atoms with E-state index in [1.165, 1.54) is 0 Å². The van der Waals surface area contributed by atoms with Gasteiger partial charge in [-0.1, -0.05) is 13.3 Å². The summed E-state index contributed by atoms with van der Waals surface area (Å²) in [7, 11) is -3.38. The molecule has 7 heteroatoms. The fourth-order valence-electron chi connectivity index (χ4n) is 1.87. The maximum atomic E-state index is 11.9. The molecule has 0 amide bonds. The van der Waals surface area contributed by atoms with Crippen LogP contribution in [0.2, 0.25) is 0 Å². The largest absolute Gasteiger partial charge is 0.489 e. The van der Waals surface area contributed by atoms with Gasteiger partial charge in [-0.15, -0.1) is 0 Å². The van der Waals surface area contributed by atoms with Crippen molar-refractivity contribution >= 4 is 21.4 Å². The van der Waals surface area contributed by atoms with Crippen molar-refractivity contribution in [3.63, 3.8) is 0 Å². The van der Waals surface area contributed by atoms with Crippen LogP contribution in [0.3, 0.4) is 0 Å². The molecule has 0 radical (unpaired) electrons. The molecule has 1 heterocycles. The number of anilines is 2. The summed E-state index contributed by atoms with van der Waals surface area (Å²) >= 11 is 0. The van der Waals surface area contributed by atoms with Gasteiger partial charge in [0.25, 0.3) is 0 Å². The first-order valence-corrected chi connectivity index (χ1v) is 8.36. The molecule has 0 spiro atoms. The summed E-state index contributed by atoms with van der Waals surface area (Å²) in [6.45, 7) is 3.05. The monoisotopic (exact) mass is 300 g/mol. The molecule has 0 bridgehead atoms. The number of rotatable bonds is 5. The van der Waals surface area contributed by atoms with E-state index in [4.69, 9.17) is 15.2 Å². The molecule has 0 aromatic heterocycles. The van der Waals surface area contributed by atoms with E-state index in [2.05, 4.69) is 4.72 Å². The lowest BCUT2D eigenvalue weighted by Crippen LogP contribution is -2.17. The molecule has 0 aliphatic carbocycles. The summed E-state index contributed by atoms with van der Waals surface area (Å²) in [5.41, 5.74) is 6.54. The highest BCUT2D eigenvalue weighted by molar-refractivity contribution is 7.92. The van der Waals surface area contributed by atoms with Gasteiger partial charge < -0.3 is 15.2 Å². The van der Waals surface area contributed by atoms with Crippen molar-refractivity contribution in [2.45, 2.75) is 26.2 Å². The molecule has 2 rings (SSSR count). The van der Waals surface area contributed by atoms with E-state index in [1.54, 1.807) is 12.1 Å². The second-order valence-electron chi connectivity index (χ2n) is 4.71. The van der Waals surface area contributed by atoms with Crippen LogP contribution >= 0.6 is 0 Å². The Kier molecular flexibility index (Phi) is 4.59. The van der Waals surface area contributed by atoms with Crippen molar-refractivity contribution in [2.75, 3.05) is 29.4 Å². The molecular formula is C13H20N2O4S. The van der Waals surface area contributed by atoms with Crippen LogP contribution in [0.25, 0.3) is 0 Å². The molecule has 0 atom stereocenters. The standard InChI is InChI=1S/C13H20N2O4S/c1-2-3-7-20(16,17)15-11-9-13-12(8-10(11)14)18-5-4-6-19-13/h8-9,15H,2-7,14H2,1H3. The number of ether oxygens (including phenoxy) is 2. The lowest BCUT2D eigenvalue weighted by Gasteiger charge is -2.14. The number of nitrogens with one attached hydrogen (secondary N) is 1. The fourth-order valence-corrected chi connectivity index (χ4v) is 3.15. The highest BCUT2D eigenvalue weighted by Crippen LogP contribution is 2.37. The van der Waals surface area contributed by atoms with Gasteiger partial charge in [0.15, 0.2) is 11.5 Å². The first-order chi connectivity index (χ1) is 9.52. The maximum absolute atomic E-state index is 11.9. The predicted octanol–water partition coefficient (Wildman–Crippen LogP) is 1.97. The third kappa shape index (κ3) is 3.69.